The van der Waals surface area contributed by atoms with E-state index in [1.54, 1.807) is 6.07 Å². The summed E-state index contributed by atoms with van der Waals surface area (Å²) in [5.74, 6) is 0.0211. The molecule has 48 heavy (non-hydrogen) atoms. The van der Waals surface area contributed by atoms with Crippen molar-refractivity contribution < 1.29 is 24.2 Å². The van der Waals surface area contributed by atoms with Crippen molar-refractivity contribution in [2.75, 3.05) is 18.1 Å². The molecule has 2 N–H and O–H groups in total. The average Bonchev–Trinajstić information content (AvgIpc) is 3.51. The first-order valence-electron chi connectivity index (χ1n) is 16.8. The molecule has 1 aromatic heterocycles. The minimum Gasteiger partial charge on any atom is -0.493 e. The molecular weight excluding hydrogens is 604 g/mol. The lowest BCUT2D eigenvalue weighted by Gasteiger charge is -2.31. The number of nitrogens with zero attached hydrogens (tertiary/aromatic N) is 3. The van der Waals surface area contributed by atoms with E-state index in [4.69, 9.17) is 4.74 Å². The highest BCUT2D eigenvalue weighted by atomic mass is 16.5. The largest absolute Gasteiger partial charge is 0.493 e. The fraction of sp³-hybridized carbons (Fsp3) is 0.385. The number of aromatic nitrogens is 2. The molecule has 0 saturated carbocycles. The molecule has 0 bridgehead atoms. The van der Waals surface area contributed by atoms with E-state index in [2.05, 4.69) is 36.4 Å². The van der Waals surface area contributed by atoms with E-state index >= 15 is 0 Å². The summed E-state index contributed by atoms with van der Waals surface area (Å²) in [5.41, 5.74) is 7.87. The molecular formula is C39H46N4O5. The number of anilines is 1. The van der Waals surface area contributed by atoms with Crippen molar-refractivity contribution in [3.05, 3.63) is 101 Å². The minimum atomic E-state index is -0.932. The summed E-state index contributed by atoms with van der Waals surface area (Å²) in [6.07, 6.45) is 7.16. The van der Waals surface area contributed by atoms with E-state index < -0.39 is 12.0 Å². The van der Waals surface area contributed by atoms with Crippen LogP contribution in [0.1, 0.15) is 78.6 Å². The molecule has 0 aliphatic carbocycles. The van der Waals surface area contributed by atoms with Crippen LogP contribution in [0.2, 0.25) is 0 Å². The number of aryl methyl sites for hydroxylation is 1. The first-order valence-corrected chi connectivity index (χ1v) is 16.8. The summed E-state index contributed by atoms with van der Waals surface area (Å²) in [5, 5.41) is 16.8. The second-order valence-corrected chi connectivity index (χ2v) is 13.1. The van der Waals surface area contributed by atoms with Gasteiger partial charge in [-0.15, -0.1) is 0 Å². The Kier molecular flexibility index (Phi) is 11.3. The Labute approximate surface area is 282 Å². The summed E-state index contributed by atoms with van der Waals surface area (Å²) in [4.78, 5) is 39.6. The van der Waals surface area contributed by atoms with Gasteiger partial charge >= 0.3 is 5.97 Å². The number of carboxylic acid groups (broad SMARTS) is 1. The number of ether oxygens (including phenoxy) is 1. The lowest BCUT2D eigenvalue weighted by atomic mass is 9.93. The highest BCUT2D eigenvalue weighted by Gasteiger charge is 2.25. The highest BCUT2D eigenvalue weighted by molar-refractivity contribution is 5.96. The third kappa shape index (κ3) is 8.70. The number of hydrogen-bond acceptors (Lipinski definition) is 5. The molecule has 4 aromatic rings. The van der Waals surface area contributed by atoms with Crippen LogP contribution in [0.3, 0.4) is 0 Å². The Morgan fingerprint density at radius 2 is 1.83 bits per heavy atom. The van der Waals surface area contributed by atoms with Crippen LogP contribution in [0.25, 0.3) is 11.1 Å². The molecule has 2 amide bonds. The molecule has 9 heteroatoms. The van der Waals surface area contributed by atoms with Gasteiger partial charge in [0.1, 0.15) is 5.75 Å². The molecule has 252 valence electrons. The number of hydrogen-bond donors (Lipinski definition) is 2. The number of rotatable bonds is 14. The SMILES string of the molecule is Cc1cccc(OCCCC(=O)N2CCCc3c(-c4cnn(Cc5cccc(C(=O)N[C@H](CC(=O)O)CC(C)C)c5)c4)cccc32)c1C. The predicted molar refractivity (Wildman–Crippen MR) is 187 cm³/mol. The van der Waals surface area contributed by atoms with Gasteiger partial charge in [0.2, 0.25) is 5.91 Å². The van der Waals surface area contributed by atoms with Gasteiger partial charge in [-0.2, -0.15) is 5.10 Å². The monoisotopic (exact) mass is 650 g/mol. The molecule has 2 heterocycles. The molecule has 0 spiro atoms. The van der Waals surface area contributed by atoms with Gasteiger partial charge in [0.15, 0.2) is 0 Å². The Balaban J connectivity index is 1.23. The van der Waals surface area contributed by atoms with Crippen molar-refractivity contribution in [2.45, 2.75) is 78.8 Å². The van der Waals surface area contributed by atoms with E-state index in [-0.39, 0.29) is 24.2 Å². The summed E-state index contributed by atoms with van der Waals surface area (Å²) in [6, 6.07) is 19.1. The van der Waals surface area contributed by atoms with E-state index in [0.29, 0.717) is 44.5 Å². The fourth-order valence-corrected chi connectivity index (χ4v) is 6.40. The number of carbonyl (C=O) groups is 3. The molecule has 3 aromatic carbocycles. The first-order chi connectivity index (χ1) is 23.1. The van der Waals surface area contributed by atoms with Crippen LogP contribution >= 0.6 is 0 Å². The summed E-state index contributed by atoms with van der Waals surface area (Å²) in [6.45, 7) is 9.79. The van der Waals surface area contributed by atoms with Crippen molar-refractivity contribution in [3.63, 3.8) is 0 Å². The minimum absolute atomic E-state index is 0.107. The average molecular weight is 651 g/mol. The van der Waals surface area contributed by atoms with Crippen molar-refractivity contribution in [2.24, 2.45) is 5.92 Å². The Morgan fingerprint density at radius 3 is 2.62 bits per heavy atom. The Morgan fingerprint density at radius 1 is 1.04 bits per heavy atom. The van der Waals surface area contributed by atoms with Crippen molar-refractivity contribution in [1.29, 1.82) is 0 Å². The molecule has 1 aliphatic rings. The van der Waals surface area contributed by atoms with Gasteiger partial charge in [0.05, 0.1) is 25.8 Å². The predicted octanol–water partition coefficient (Wildman–Crippen LogP) is 6.97. The van der Waals surface area contributed by atoms with Crippen LogP contribution in [0.15, 0.2) is 73.1 Å². The van der Waals surface area contributed by atoms with Gasteiger partial charge < -0.3 is 20.1 Å². The maximum Gasteiger partial charge on any atom is 0.305 e. The number of amides is 2. The topological polar surface area (TPSA) is 114 Å². The zero-order chi connectivity index (χ0) is 34.2. The lowest BCUT2D eigenvalue weighted by molar-refractivity contribution is -0.137. The lowest BCUT2D eigenvalue weighted by Crippen LogP contribution is -2.37. The molecule has 9 nitrogen and oxygen atoms in total. The van der Waals surface area contributed by atoms with E-state index in [1.165, 1.54) is 5.56 Å². The molecule has 0 radical (unpaired) electrons. The molecule has 0 unspecified atom stereocenters. The van der Waals surface area contributed by atoms with Gasteiger partial charge in [-0.1, -0.05) is 50.2 Å². The van der Waals surface area contributed by atoms with Crippen molar-refractivity contribution >= 4 is 23.5 Å². The van der Waals surface area contributed by atoms with Crippen LogP contribution in [-0.4, -0.2) is 51.9 Å². The molecule has 1 atom stereocenters. The molecule has 0 saturated heterocycles. The van der Waals surface area contributed by atoms with Crippen molar-refractivity contribution in [3.8, 4) is 16.9 Å². The van der Waals surface area contributed by atoms with Crippen LogP contribution in [0.5, 0.6) is 5.75 Å². The molecule has 5 rings (SSSR count). The van der Waals surface area contributed by atoms with Crippen molar-refractivity contribution in [1.82, 2.24) is 15.1 Å². The third-order valence-corrected chi connectivity index (χ3v) is 8.89. The Bertz CT molecular complexity index is 1760. The Hall–Kier alpha value is -4.92. The van der Waals surface area contributed by atoms with Crippen LogP contribution in [-0.2, 0) is 22.6 Å². The number of benzene rings is 3. The maximum atomic E-state index is 13.4. The van der Waals surface area contributed by atoms with Crippen LogP contribution in [0, 0.1) is 19.8 Å². The zero-order valence-electron chi connectivity index (χ0n) is 28.4. The second kappa shape index (κ2) is 15.8. The molecule has 1 aliphatic heterocycles. The number of nitrogens with one attached hydrogen (secondary N) is 1. The van der Waals surface area contributed by atoms with Crippen LogP contribution < -0.4 is 15.0 Å². The first kappa shape index (κ1) is 34.4. The summed E-state index contributed by atoms with van der Waals surface area (Å²) >= 11 is 0. The maximum absolute atomic E-state index is 13.4. The summed E-state index contributed by atoms with van der Waals surface area (Å²) in [7, 11) is 0. The normalized spacial score (nSPS) is 13.2. The van der Waals surface area contributed by atoms with Crippen LogP contribution in [0.4, 0.5) is 5.69 Å². The fourth-order valence-electron chi connectivity index (χ4n) is 6.40. The van der Waals surface area contributed by atoms with Gasteiger partial charge in [0.25, 0.3) is 5.91 Å². The number of aliphatic carboxylic acids is 1. The van der Waals surface area contributed by atoms with Gasteiger partial charge in [-0.25, -0.2) is 0 Å². The van der Waals surface area contributed by atoms with E-state index in [1.807, 2.05) is 78.3 Å². The summed E-state index contributed by atoms with van der Waals surface area (Å²) < 4.78 is 7.83. The van der Waals surface area contributed by atoms with Gasteiger partial charge in [-0.3, -0.25) is 19.1 Å². The number of carboxylic acids is 1. The number of fused-ring (bicyclic) bond motifs is 1. The van der Waals surface area contributed by atoms with Gasteiger partial charge in [0, 0.05) is 42.0 Å². The smallest absolute Gasteiger partial charge is 0.305 e. The number of carbonyl (C=O) groups excluding carboxylic acids is 2. The standard InChI is InChI=1S/C39H46N4O5/c1-26(2)20-32(22-38(45)46)41-39(47)30-12-6-11-29(21-30)24-42-25-31(23-40-42)33-13-7-15-35-34(33)14-8-18-43(35)37(44)17-9-19-48-36-16-5-10-27(3)28(36)4/h5-7,10-13,15-16,21,23,25-26,32H,8-9,14,17-20,22,24H2,1-4H3,(H,41,47)(H,45,46)/t32-/m0/s1. The highest BCUT2D eigenvalue weighted by Crippen LogP contribution is 2.36. The molecule has 0 fully saturated rings. The van der Waals surface area contributed by atoms with E-state index in [0.717, 1.165) is 52.1 Å². The quantitative estimate of drug-likeness (QED) is 0.143. The van der Waals surface area contributed by atoms with E-state index in [9.17, 15) is 19.5 Å². The van der Waals surface area contributed by atoms with Gasteiger partial charge in [-0.05, 0) is 97.5 Å². The third-order valence-electron chi connectivity index (χ3n) is 8.89. The zero-order valence-corrected chi connectivity index (χ0v) is 28.4. The second-order valence-electron chi connectivity index (χ2n) is 13.1.